The van der Waals surface area contributed by atoms with Crippen molar-refractivity contribution >= 4 is 21.7 Å². The number of hydrogen-bond donors (Lipinski definition) is 0. The monoisotopic (exact) mass is 287 g/mol. The molecular formula is C12H22BrN3. The Bertz CT molecular complexity index is 333. The van der Waals surface area contributed by atoms with Crippen molar-refractivity contribution < 1.29 is 0 Å². The van der Waals surface area contributed by atoms with Gasteiger partial charge in [0, 0.05) is 31.5 Å². The molecule has 0 bridgehead atoms. The first-order valence-electron chi connectivity index (χ1n) is 5.91. The van der Waals surface area contributed by atoms with Gasteiger partial charge in [-0.05, 0) is 13.3 Å². The molecule has 4 heteroatoms. The summed E-state index contributed by atoms with van der Waals surface area (Å²) in [4.78, 5) is 2.31. The fourth-order valence-corrected chi connectivity index (χ4v) is 2.69. The van der Waals surface area contributed by atoms with Crippen molar-refractivity contribution in [2.24, 2.45) is 7.05 Å². The Labute approximate surface area is 107 Å². The van der Waals surface area contributed by atoms with Gasteiger partial charge in [0.1, 0.15) is 5.82 Å². The normalized spacial score (nSPS) is 10.8. The smallest absolute Gasteiger partial charge is 0.130 e. The summed E-state index contributed by atoms with van der Waals surface area (Å²) in [6.45, 7) is 5.41. The van der Waals surface area contributed by atoms with Gasteiger partial charge in [0.2, 0.25) is 0 Å². The lowest BCUT2D eigenvalue weighted by Gasteiger charge is -2.20. The third-order valence-corrected chi connectivity index (χ3v) is 3.47. The Morgan fingerprint density at radius 3 is 2.62 bits per heavy atom. The first kappa shape index (κ1) is 13.6. The van der Waals surface area contributed by atoms with E-state index in [1.807, 2.05) is 11.7 Å². The second kappa shape index (κ2) is 6.28. The van der Waals surface area contributed by atoms with Crippen molar-refractivity contribution in [3.63, 3.8) is 0 Å². The van der Waals surface area contributed by atoms with E-state index in [4.69, 9.17) is 0 Å². The van der Waals surface area contributed by atoms with Gasteiger partial charge in [-0.3, -0.25) is 4.68 Å². The molecule has 0 N–H and O–H groups in total. The highest BCUT2D eigenvalue weighted by Crippen LogP contribution is 2.24. The zero-order valence-corrected chi connectivity index (χ0v) is 12.3. The number of halogens is 1. The van der Waals surface area contributed by atoms with Gasteiger partial charge in [-0.1, -0.05) is 35.7 Å². The quantitative estimate of drug-likeness (QED) is 0.592. The van der Waals surface area contributed by atoms with Crippen LogP contribution in [0.1, 0.15) is 37.4 Å². The van der Waals surface area contributed by atoms with Crippen LogP contribution in [0.4, 0.5) is 5.82 Å². The predicted molar refractivity (Wildman–Crippen MR) is 73.4 cm³/mol. The summed E-state index contributed by atoms with van der Waals surface area (Å²) < 4.78 is 1.98. The van der Waals surface area contributed by atoms with E-state index in [0.29, 0.717) is 0 Å². The molecule has 16 heavy (non-hydrogen) atoms. The number of anilines is 1. The molecule has 0 aliphatic carbocycles. The number of aromatic nitrogens is 2. The van der Waals surface area contributed by atoms with Gasteiger partial charge >= 0.3 is 0 Å². The van der Waals surface area contributed by atoms with Gasteiger partial charge < -0.3 is 4.90 Å². The topological polar surface area (TPSA) is 21.1 Å². The van der Waals surface area contributed by atoms with Crippen molar-refractivity contribution in [2.75, 3.05) is 18.5 Å². The van der Waals surface area contributed by atoms with E-state index in [0.717, 1.165) is 17.6 Å². The molecule has 1 heterocycles. The van der Waals surface area contributed by atoms with Gasteiger partial charge in [-0.15, -0.1) is 0 Å². The minimum absolute atomic E-state index is 0.875. The molecule has 0 aromatic carbocycles. The van der Waals surface area contributed by atoms with Crippen molar-refractivity contribution in [3.8, 4) is 0 Å². The molecule has 0 saturated carbocycles. The zero-order chi connectivity index (χ0) is 12.1. The molecule has 0 fully saturated rings. The van der Waals surface area contributed by atoms with Gasteiger partial charge in [0.15, 0.2) is 0 Å². The second-order valence-electron chi connectivity index (χ2n) is 4.27. The van der Waals surface area contributed by atoms with Gasteiger partial charge in [0.25, 0.3) is 0 Å². The maximum atomic E-state index is 4.48. The molecule has 0 radical (unpaired) electrons. The Hall–Kier alpha value is -0.510. The Kier molecular flexibility index (Phi) is 5.32. The van der Waals surface area contributed by atoms with Gasteiger partial charge in [0.05, 0.1) is 5.69 Å². The third-order valence-electron chi connectivity index (χ3n) is 2.91. The lowest BCUT2D eigenvalue weighted by molar-refractivity contribution is 0.675. The molecular weight excluding hydrogens is 266 g/mol. The molecule has 0 unspecified atom stereocenters. The average Bonchev–Trinajstić information content (AvgIpc) is 2.53. The van der Waals surface area contributed by atoms with Crippen LogP contribution in [-0.4, -0.2) is 23.4 Å². The highest BCUT2D eigenvalue weighted by atomic mass is 79.9. The molecule has 92 valence electrons. The molecule has 0 spiro atoms. The minimum Gasteiger partial charge on any atom is -0.360 e. The molecule has 0 atom stereocenters. The van der Waals surface area contributed by atoms with E-state index < -0.39 is 0 Å². The first-order valence-corrected chi connectivity index (χ1v) is 7.03. The van der Waals surface area contributed by atoms with Crippen LogP contribution in [0.5, 0.6) is 0 Å². The first-order chi connectivity index (χ1) is 7.61. The SMILES string of the molecule is CCCCCN(C)c1c(CBr)c(C)nn1C. The van der Waals surface area contributed by atoms with Crippen molar-refractivity contribution in [2.45, 2.75) is 38.4 Å². The highest BCUT2D eigenvalue weighted by molar-refractivity contribution is 9.08. The number of nitrogens with zero attached hydrogens (tertiary/aromatic N) is 3. The van der Waals surface area contributed by atoms with Gasteiger partial charge in [-0.25, -0.2) is 0 Å². The molecule has 1 rings (SSSR count). The fourth-order valence-electron chi connectivity index (χ4n) is 2.03. The van der Waals surface area contributed by atoms with E-state index in [2.05, 4.69) is 46.8 Å². The summed E-state index contributed by atoms with van der Waals surface area (Å²) in [5.41, 5.74) is 2.43. The Morgan fingerprint density at radius 2 is 2.06 bits per heavy atom. The fraction of sp³-hybridized carbons (Fsp3) is 0.750. The zero-order valence-electron chi connectivity index (χ0n) is 10.8. The predicted octanol–water partition coefficient (Wildman–Crippen LogP) is 3.25. The molecule has 0 saturated heterocycles. The number of aryl methyl sites for hydroxylation is 2. The summed E-state index contributed by atoms with van der Waals surface area (Å²) in [7, 11) is 4.17. The Morgan fingerprint density at radius 1 is 1.38 bits per heavy atom. The Balaban J connectivity index is 2.77. The van der Waals surface area contributed by atoms with Crippen LogP contribution in [0.15, 0.2) is 0 Å². The number of hydrogen-bond acceptors (Lipinski definition) is 2. The van der Waals surface area contributed by atoms with E-state index in [9.17, 15) is 0 Å². The van der Waals surface area contributed by atoms with Crippen LogP contribution in [-0.2, 0) is 12.4 Å². The largest absolute Gasteiger partial charge is 0.360 e. The van der Waals surface area contributed by atoms with Crippen LogP contribution in [0, 0.1) is 6.92 Å². The van der Waals surface area contributed by atoms with Crippen LogP contribution in [0.25, 0.3) is 0 Å². The number of unbranched alkanes of at least 4 members (excludes halogenated alkanes) is 2. The van der Waals surface area contributed by atoms with E-state index in [1.165, 1.54) is 30.6 Å². The van der Waals surface area contributed by atoms with Crippen LogP contribution in [0.2, 0.25) is 0 Å². The summed E-state index contributed by atoms with van der Waals surface area (Å²) in [6.07, 6.45) is 3.81. The molecule has 0 amide bonds. The van der Waals surface area contributed by atoms with E-state index in [-0.39, 0.29) is 0 Å². The molecule has 0 aliphatic heterocycles. The van der Waals surface area contributed by atoms with Crippen LogP contribution < -0.4 is 4.90 Å². The standard InChI is InChI=1S/C12H22BrN3/c1-5-6-7-8-15(3)12-11(9-13)10(2)14-16(12)4/h5-9H2,1-4H3. The molecule has 1 aromatic heterocycles. The second-order valence-corrected chi connectivity index (χ2v) is 4.83. The summed E-state index contributed by atoms with van der Waals surface area (Å²) in [5, 5.41) is 5.35. The maximum absolute atomic E-state index is 4.48. The maximum Gasteiger partial charge on any atom is 0.130 e. The van der Waals surface area contributed by atoms with Crippen LogP contribution in [0.3, 0.4) is 0 Å². The lowest BCUT2D eigenvalue weighted by atomic mass is 10.2. The third kappa shape index (κ3) is 3.00. The van der Waals surface area contributed by atoms with Gasteiger partial charge in [-0.2, -0.15) is 5.10 Å². The highest BCUT2D eigenvalue weighted by Gasteiger charge is 2.15. The minimum atomic E-state index is 0.875. The summed E-state index contributed by atoms with van der Waals surface area (Å²) in [5.74, 6) is 1.24. The van der Waals surface area contributed by atoms with Crippen molar-refractivity contribution in [1.82, 2.24) is 9.78 Å². The molecule has 1 aromatic rings. The number of rotatable bonds is 6. The average molecular weight is 288 g/mol. The molecule has 3 nitrogen and oxygen atoms in total. The summed E-state index contributed by atoms with van der Waals surface area (Å²) >= 11 is 3.54. The van der Waals surface area contributed by atoms with Crippen molar-refractivity contribution in [3.05, 3.63) is 11.3 Å². The molecule has 0 aliphatic rings. The van der Waals surface area contributed by atoms with E-state index in [1.54, 1.807) is 0 Å². The van der Waals surface area contributed by atoms with Crippen molar-refractivity contribution in [1.29, 1.82) is 0 Å². The lowest BCUT2D eigenvalue weighted by Crippen LogP contribution is -2.22. The number of alkyl halides is 1. The van der Waals surface area contributed by atoms with Crippen LogP contribution >= 0.6 is 15.9 Å². The van der Waals surface area contributed by atoms with E-state index >= 15 is 0 Å². The summed E-state index contributed by atoms with van der Waals surface area (Å²) in [6, 6.07) is 0.